The Hall–Kier alpha value is -3.24. The van der Waals surface area contributed by atoms with E-state index in [1.54, 1.807) is 12.1 Å². The van der Waals surface area contributed by atoms with Crippen molar-refractivity contribution in [1.29, 1.82) is 0 Å². The molecule has 0 fully saturated rings. The van der Waals surface area contributed by atoms with Gasteiger partial charge in [-0.1, -0.05) is 59.4 Å². The van der Waals surface area contributed by atoms with Gasteiger partial charge in [0.1, 0.15) is 12.5 Å². The van der Waals surface area contributed by atoms with Crippen LogP contribution in [0.3, 0.4) is 0 Å². The number of fused-ring (bicyclic) bond motifs is 5. The first-order valence-corrected chi connectivity index (χ1v) is 19.6. The van der Waals surface area contributed by atoms with Crippen LogP contribution in [0.5, 0.6) is 23.0 Å². The largest absolute Gasteiger partial charge is 0.504 e. The summed E-state index contributed by atoms with van der Waals surface area (Å²) in [4.78, 5) is 17.7. The van der Waals surface area contributed by atoms with E-state index in [4.69, 9.17) is 24.9 Å². The molecule has 2 heterocycles. The first-order valence-electron chi connectivity index (χ1n) is 17.1. The molecule has 0 spiro atoms. The number of aryl methyl sites for hydroxylation is 2. The molecule has 3 aliphatic rings. The molecule has 12 heteroatoms. The smallest absolute Gasteiger partial charge is 0.188 e. The van der Waals surface area contributed by atoms with Crippen LogP contribution in [0, 0.1) is 29.6 Å². The summed E-state index contributed by atoms with van der Waals surface area (Å²) < 4.78 is 18.5. The topological polar surface area (TPSA) is 148 Å². The maximum atomic E-state index is 13.0. The van der Waals surface area contributed by atoms with Crippen LogP contribution < -0.4 is 30.6 Å². The predicted octanol–water partition coefficient (Wildman–Crippen LogP) is 4.24. The van der Waals surface area contributed by atoms with Gasteiger partial charge in [0, 0.05) is 60.4 Å². The van der Waals surface area contributed by atoms with Gasteiger partial charge in [-0.2, -0.15) is 0 Å². The summed E-state index contributed by atoms with van der Waals surface area (Å²) in [6.45, 7) is 5.81. The highest BCUT2D eigenvalue weighted by Gasteiger charge is 2.33. The summed E-state index contributed by atoms with van der Waals surface area (Å²) in [6, 6.07) is 5.74. The number of aromatic hydroxyl groups is 1. The quantitative estimate of drug-likeness (QED) is 0.167. The van der Waals surface area contributed by atoms with Crippen LogP contribution in [0.1, 0.15) is 60.9 Å². The molecule has 2 bridgehead atoms. The highest BCUT2D eigenvalue weighted by molar-refractivity contribution is 8.76. The van der Waals surface area contributed by atoms with Gasteiger partial charge in [-0.3, -0.25) is 15.1 Å². The van der Waals surface area contributed by atoms with Crippen molar-refractivity contribution < 1.29 is 29.2 Å². The molecule has 0 saturated heterocycles. The number of carbonyl (C=O) groups excluding carboxylic acids is 1. The van der Waals surface area contributed by atoms with Gasteiger partial charge in [0.25, 0.3) is 0 Å². The molecule has 0 unspecified atom stereocenters. The molecule has 5 rings (SSSR count). The first-order chi connectivity index (χ1) is 23.7. The third-order valence-corrected chi connectivity index (χ3v) is 12.0. The zero-order chi connectivity index (χ0) is 34.9. The summed E-state index contributed by atoms with van der Waals surface area (Å²) >= 11 is 0. The first kappa shape index (κ1) is 37.0. The van der Waals surface area contributed by atoms with Crippen LogP contribution in [0.4, 0.5) is 0 Å². The van der Waals surface area contributed by atoms with E-state index < -0.39 is 6.10 Å². The second-order valence-corrected chi connectivity index (χ2v) is 15.9. The Morgan fingerprint density at radius 2 is 1.94 bits per heavy atom. The second-order valence-electron chi connectivity index (χ2n) is 13.4. The number of ether oxygens (including phenoxy) is 3. The van der Waals surface area contributed by atoms with Gasteiger partial charge >= 0.3 is 0 Å². The number of hydrogen-bond acceptors (Lipinski definition) is 12. The van der Waals surface area contributed by atoms with E-state index in [9.17, 15) is 15.0 Å². The van der Waals surface area contributed by atoms with Crippen LogP contribution in [0.2, 0.25) is 0 Å². The van der Waals surface area contributed by atoms with Gasteiger partial charge in [-0.05, 0) is 61.8 Å². The van der Waals surface area contributed by atoms with E-state index in [1.165, 1.54) is 7.11 Å². The molecule has 0 radical (unpaired) electrons. The Morgan fingerprint density at radius 1 is 1.12 bits per heavy atom. The zero-order valence-corrected chi connectivity index (χ0v) is 30.6. The Labute approximate surface area is 298 Å². The predicted molar refractivity (Wildman–Crippen MR) is 198 cm³/mol. The minimum absolute atomic E-state index is 0.0101. The minimum atomic E-state index is -0.770. The summed E-state index contributed by atoms with van der Waals surface area (Å²) in [5.74, 6) is 11.4. The van der Waals surface area contributed by atoms with Crippen molar-refractivity contribution in [2.45, 2.75) is 70.9 Å². The molecule has 49 heavy (non-hydrogen) atoms. The molecule has 2 aromatic rings. The SMILES string of the molecule is CNCOc1c2cc(c3c1OC[C@H]([C@@H]1CN=C(N)N[C@H](C(C)C)CSSC1)C3)CC[C@@H](O)CC(=O)CCc1ccc(O)c(OC)c1C#CC2. The van der Waals surface area contributed by atoms with Gasteiger partial charge in [0.15, 0.2) is 29.0 Å². The minimum Gasteiger partial charge on any atom is -0.504 e. The molecule has 0 aromatic heterocycles. The van der Waals surface area contributed by atoms with E-state index in [0.29, 0.717) is 68.8 Å². The normalized spacial score (nSPS) is 23.6. The molecule has 6 N–H and O–H groups in total. The summed E-state index contributed by atoms with van der Waals surface area (Å²) in [5.41, 5.74) is 10.7. The number of guanidine groups is 1. The van der Waals surface area contributed by atoms with Gasteiger partial charge in [0.05, 0.1) is 25.4 Å². The molecule has 266 valence electrons. The van der Waals surface area contributed by atoms with Crippen molar-refractivity contribution in [2.24, 2.45) is 28.5 Å². The number of phenolic OH excluding ortho intramolecular Hbond substituents is 1. The van der Waals surface area contributed by atoms with Crippen LogP contribution in [0.15, 0.2) is 23.2 Å². The molecule has 4 atom stereocenters. The lowest BCUT2D eigenvalue weighted by molar-refractivity contribution is -0.121. The van der Waals surface area contributed by atoms with E-state index >= 15 is 0 Å². The van der Waals surface area contributed by atoms with Crippen molar-refractivity contribution in [3.05, 3.63) is 46.0 Å². The van der Waals surface area contributed by atoms with Gasteiger partial charge in [0.2, 0.25) is 0 Å². The van der Waals surface area contributed by atoms with Crippen LogP contribution in [-0.2, 0) is 30.5 Å². The number of ketones is 1. The van der Waals surface area contributed by atoms with Gasteiger partial charge in [-0.25, -0.2) is 0 Å². The number of nitrogens with two attached hydrogens (primary N) is 1. The Kier molecular flexibility index (Phi) is 13.3. The lowest BCUT2D eigenvalue weighted by atomic mass is 9.82. The average Bonchev–Trinajstić information content (AvgIpc) is 3.08. The number of carbonyl (C=O) groups is 1. The number of hydrogen-bond donors (Lipinski definition) is 5. The third-order valence-electron chi connectivity index (χ3n) is 9.49. The lowest BCUT2D eigenvalue weighted by Crippen LogP contribution is -2.45. The molecule has 0 saturated carbocycles. The third kappa shape index (κ3) is 9.51. The van der Waals surface area contributed by atoms with E-state index in [0.717, 1.165) is 45.9 Å². The highest BCUT2D eigenvalue weighted by atomic mass is 33.1. The van der Waals surface area contributed by atoms with Crippen LogP contribution in [0.25, 0.3) is 0 Å². The van der Waals surface area contributed by atoms with Crippen LogP contribution in [-0.4, -0.2) is 79.6 Å². The zero-order valence-electron chi connectivity index (χ0n) is 29.0. The van der Waals surface area contributed by atoms with E-state index in [1.807, 2.05) is 28.6 Å². The fourth-order valence-corrected chi connectivity index (χ4v) is 9.44. The molecular weight excluding hydrogens is 661 g/mol. The van der Waals surface area contributed by atoms with Crippen molar-refractivity contribution >= 4 is 33.3 Å². The van der Waals surface area contributed by atoms with Gasteiger partial charge < -0.3 is 35.5 Å². The fraction of sp³-hybridized carbons (Fsp3) is 0.568. The Morgan fingerprint density at radius 3 is 2.71 bits per heavy atom. The summed E-state index contributed by atoms with van der Waals surface area (Å²) in [5, 5.41) is 28.0. The maximum absolute atomic E-state index is 13.0. The van der Waals surface area contributed by atoms with Crippen LogP contribution >= 0.6 is 21.6 Å². The monoisotopic (exact) mass is 710 g/mol. The number of phenols is 1. The van der Waals surface area contributed by atoms with E-state index in [-0.39, 0.29) is 48.0 Å². The van der Waals surface area contributed by atoms with Crippen molar-refractivity contribution in [1.82, 2.24) is 10.6 Å². The molecule has 1 aliphatic carbocycles. The number of Topliss-reactive ketones (excluding diaryl/α,β-unsaturated/α-hetero) is 1. The number of methoxy groups -OCH3 is 1. The molecule has 2 aromatic carbocycles. The summed E-state index contributed by atoms with van der Waals surface area (Å²) in [6.07, 6.45) is 2.18. The van der Waals surface area contributed by atoms with Crippen molar-refractivity contribution in [3.8, 4) is 34.8 Å². The van der Waals surface area contributed by atoms with Crippen molar-refractivity contribution in [3.63, 3.8) is 0 Å². The van der Waals surface area contributed by atoms with Crippen molar-refractivity contribution in [2.75, 3.05) is 45.5 Å². The maximum Gasteiger partial charge on any atom is 0.188 e. The number of aliphatic imine (C=N–C) groups is 1. The molecule has 2 aliphatic heterocycles. The van der Waals surface area contributed by atoms with E-state index in [2.05, 4.69) is 42.4 Å². The number of aliphatic hydroxyl groups is 1. The Bertz CT molecular complexity index is 1570. The second kappa shape index (κ2) is 17.6. The number of nitrogens with one attached hydrogen (secondary N) is 2. The fourth-order valence-electron chi connectivity index (χ4n) is 6.54. The number of aliphatic hydroxyl groups excluding tert-OH is 1. The average molecular weight is 711 g/mol. The Balaban J connectivity index is 1.51. The number of nitrogens with zero attached hydrogens (tertiary/aromatic N) is 1. The number of benzene rings is 2. The molecular formula is C37H50N4O6S2. The highest BCUT2D eigenvalue weighted by Crippen LogP contribution is 2.44. The molecule has 10 nitrogen and oxygen atoms in total. The molecule has 0 amide bonds. The standard InChI is InChI=1S/C37H50N4O6S2/c1-22(2)32-20-49-48-19-27(17-40-37(38)41-32)26-15-31-24-9-12-29(43)16-28(42)11-8-23-10-13-33(44)35(45-4)30(23)7-5-6-25(14-24)34(47-21-39-3)36(31)46-18-26/h10,13-14,22,26-27,29,32,39,43-44H,6,8-9,11-12,15-21H2,1-4H3,(H3,38,40,41)/t26-,27-,29-,32+/m1/s1. The lowest BCUT2D eigenvalue weighted by Gasteiger charge is -2.34. The van der Waals surface area contributed by atoms with Gasteiger partial charge in [-0.15, -0.1) is 0 Å². The number of rotatable bonds is 6. The summed E-state index contributed by atoms with van der Waals surface area (Å²) in [7, 11) is 7.09.